The predicted molar refractivity (Wildman–Crippen MR) is 98.4 cm³/mol. The maximum atomic E-state index is 12.9. The van der Waals surface area contributed by atoms with Gasteiger partial charge in [0.25, 0.3) is 6.10 Å². The van der Waals surface area contributed by atoms with Crippen molar-refractivity contribution in [3.63, 3.8) is 0 Å². The van der Waals surface area contributed by atoms with Gasteiger partial charge < -0.3 is 9.47 Å². The minimum atomic E-state index is -5.79. The van der Waals surface area contributed by atoms with Gasteiger partial charge in [-0.3, -0.25) is 9.59 Å². The van der Waals surface area contributed by atoms with E-state index in [-0.39, 0.29) is 5.41 Å². The number of ether oxygens (including phenoxy) is 2. The number of halogens is 6. The van der Waals surface area contributed by atoms with Crippen molar-refractivity contribution in [2.45, 2.75) is 92.6 Å². The Morgan fingerprint density at radius 2 is 1.30 bits per heavy atom. The smallest absolute Gasteiger partial charge is 0.434 e. The molecule has 0 aromatic heterocycles. The van der Waals surface area contributed by atoms with Gasteiger partial charge in [0.2, 0.25) is 0 Å². The number of alkyl halides is 6. The van der Waals surface area contributed by atoms with Crippen LogP contribution in [0.5, 0.6) is 0 Å². The average molecular weight is 450 g/mol. The fourth-order valence-corrected chi connectivity index (χ4v) is 2.96. The van der Waals surface area contributed by atoms with Crippen molar-refractivity contribution in [3.8, 4) is 0 Å². The Balaban J connectivity index is 5.21. The van der Waals surface area contributed by atoms with Crippen molar-refractivity contribution in [3.05, 3.63) is 0 Å². The molecule has 0 aliphatic rings. The molecule has 0 aromatic rings. The van der Waals surface area contributed by atoms with Gasteiger partial charge in [0.15, 0.2) is 0 Å². The van der Waals surface area contributed by atoms with E-state index in [0.29, 0.717) is 12.8 Å². The summed E-state index contributed by atoms with van der Waals surface area (Å²) < 4.78 is 83.4. The van der Waals surface area contributed by atoms with E-state index in [1.807, 2.05) is 41.5 Å². The molecule has 0 bridgehead atoms. The summed E-state index contributed by atoms with van der Waals surface area (Å²) in [6.07, 6.45) is -14.9. The maximum absolute atomic E-state index is 12.9. The number of carbonyl (C=O) groups excluding carboxylic acids is 2. The van der Waals surface area contributed by atoms with Gasteiger partial charge in [0.05, 0.1) is 11.8 Å². The van der Waals surface area contributed by atoms with E-state index in [0.717, 1.165) is 6.42 Å². The second kappa shape index (κ2) is 9.77. The monoisotopic (exact) mass is 450 g/mol. The summed E-state index contributed by atoms with van der Waals surface area (Å²) >= 11 is 0. The summed E-state index contributed by atoms with van der Waals surface area (Å²) in [7, 11) is 0. The first-order valence-corrected chi connectivity index (χ1v) is 9.73. The van der Waals surface area contributed by atoms with E-state index in [4.69, 9.17) is 4.74 Å². The summed E-state index contributed by atoms with van der Waals surface area (Å²) in [4.78, 5) is 24.3. The zero-order valence-corrected chi connectivity index (χ0v) is 18.5. The molecular formula is C20H32F6O4. The van der Waals surface area contributed by atoms with Gasteiger partial charge in [-0.1, -0.05) is 48.0 Å². The van der Waals surface area contributed by atoms with Crippen LogP contribution in [-0.4, -0.2) is 37.0 Å². The van der Waals surface area contributed by atoms with E-state index in [9.17, 15) is 35.9 Å². The minimum Gasteiger partial charge on any atom is -0.465 e. The third kappa shape index (κ3) is 7.65. The normalized spacial score (nSPS) is 15.7. The molecule has 0 aliphatic heterocycles. The lowest BCUT2D eigenvalue weighted by Crippen LogP contribution is -2.46. The average Bonchev–Trinajstić information content (AvgIpc) is 2.56. The lowest BCUT2D eigenvalue weighted by atomic mass is 9.58. The van der Waals surface area contributed by atoms with Gasteiger partial charge >= 0.3 is 24.3 Å². The first kappa shape index (κ1) is 28.5. The standard InChI is InChI=1S/C20H32F6O4/c1-8-16(3,4)12-18(7,17(5,6)9-2)15(28)29-11-10-13(27)30-14(19(21,22)23)20(24,25)26/h14H,8-12H2,1-7H3. The van der Waals surface area contributed by atoms with Crippen LogP contribution in [0.4, 0.5) is 26.3 Å². The third-order valence-electron chi connectivity index (χ3n) is 6.00. The molecule has 1 atom stereocenters. The fraction of sp³-hybridized carbons (Fsp3) is 0.900. The summed E-state index contributed by atoms with van der Waals surface area (Å²) in [6, 6.07) is 0. The van der Waals surface area contributed by atoms with Crippen LogP contribution in [0.25, 0.3) is 0 Å². The highest BCUT2D eigenvalue weighted by molar-refractivity contribution is 5.78. The summed E-state index contributed by atoms with van der Waals surface area (Å²) in [6.45, 7) is 12.6. The summed E-state index contributed by atoms with van der Waals surface area (Å²) in [5, 5.41) is 0. The highest BCUT2D eigenvalue weighted by Crippen LogP contribution is 2.50. The number of esters is 2. The predicted octanol–water partition coefficient (Wildman–Crippen LogP) is 6.22. The van der Waals surface area contributed by atoms with Crippen LogP contribution < -0.4 is 0 Å². The topological polar surface area (TPSA) is 52.6 Å². The minimum absolute atomic E-state index is 0.216. The number of carbonyl (C=O) groups is 2. The van der Waals surface area contributed by atoms with E-state index in [1.165, 1.54) is 0 Å². The molecule has 0 saturated carbocycles. The van der Waals surface area contributed by atoms with Crippen molar-refractivity contribution in [1.29, 1.82) is 0 Å². The SMILES string of the molecule is CCC(C)(C)CC(C)(C(=O)OCCC(=O)OC(C(F)(F)F)C(F)(F)F)C(C)(C)CC. The van der Waals surface area contributed by atoms with Crippen LogP contribution >= 0.6 is 0 Å². The van der Waals surface area contributed by atoms with Crippen LogP contribution in [0.1, 0.15) is 74.1 Å². The molecule has 0 aliphatic carbocycles. The van der Waals surface area contributed by atoms with Crippen LogP contribution in [0.15, 0.2) is 0 Å². The van der Waals surface area contributed by atoms with E-state index in [1.54, 1.807) is 6.92 Å². The van der Waals surface area contributed by atoms with E-state index >= 15 is 0 Å². The van der Waals surface area contributed by atoms with Crippen molar-refractivity contribution in [2.75, 3.05) is 6.61 Å². The fourth-order valence-electron chi connectivity index (χ4n) is 2.96. The van der Waals surface area contributed by atoms with Crippen LogP contribution in [0.2, 0.25) is 0 Å². The lowest BCUT2D eigenvalue weighted by Gasteiger charge is -2.45. The number of rotatable bonds is 10. The molecule has 0 spiro atoms. The van der Waals surface area contributed by atoms with Crippen LogP contribution in [0, 0.1) is 16.2 Å². The number of hydrogen-bond acceptors (Lipinski definition) is 4. The zero-order chi connectivity index (χ0) is 24.2. The van der Waals surface area contributed by atoms with Gasteiger partial charge in [-0.2, -0.15) is 26.3 Å². The zero-order valence-electron chi connectivity index (χ0n) is 18.5. The molecule has 0 fully saturated rings. The second-order valence-electron chi connectivity index (χ2n) is 9.10. The lowest BCUT2D eigenvalue weighted by molar-refractivity contribution is -0.313. The molecule has 0 amide bonds. The molecule has 0 aromatic carbocycles. The van der Waals surface area contributed by atoms with Gasteiger partial charge in [-0.15, -0.1) is 0 Å². The molecule has 0 radical (unpaired) electrons. The maximum Gasteiger partial charge on any atom is 0.434 e. The van der Waals surface area contributed by atoms with E-state index in [2.05, 4.69) is 4.74 Å². The highest BCUT2D eigenvalue weighted by atomic mass is 19.4. The van der Waals surface area contributed by atoms with Crippen molar-refractivity contribution in [2.24, 2.45) is 16.2 Å². The molecule has 10 heteroatoms. The quantitative estimate of drug-likeness (QED) is 0.293. The first-order chi connectivity index (χ1) is 13.2. The van der Waals surface area contributed by atoms with E-state index < -0.39 is 54.3 Å². The molecule has 30 heavy (non-hydrogen) atoms. The van der Waals surface area contributed by atoms with Gasteiger partial charge in [0, 0.05) is 0 Å². The molecule has 0 heterocycles. The molecule has 1 unspecified atom stereocenters. The first-order valence-electron chi connectivity index (χ1n) is 9.73. The molecule has 0 N–H and O–H groups in total. The largest absolute Gasteiger partial charge is 0.465 e. The Morgan fingerprint density at radius 1 is 0.833 bits per heavy atom. The van der Waals surface area contributed by atoms with Crippen LogP contribution in [0.3, 0.4) is 0 Å². The third-order valence-corrected chi connectivity index (χ3v) is 6.00. The summed E-state index contributed by atoms with van der Waals surface area (Å²) in [5.41, 5.74) is -1.70. The number of hydrogen-bond donors (Lipinski definition) is 0. The molecule has 4 nitrogen and oxygen atoms in total. The molecule has 0 rings (SSSR count). The molecule has 178 valence electrons. The second-order valence-corrected chi connectivity index (χ2v) is 9.10. The Bertz CT molecular complexity index is 581. The molecular weight excluding hydrogens is 418 g/mol. The van der Waals surface area contributed by atoms with Crippen LogP contribution in [-0.2, 0) is 19.1 Å². The Hall–Kier alpha value is -1.48. The summed E-state index contributed by atoms with van der Waals surface area (Å²) in [5.74, 6) is -2.42. The van der Waals surface area contributed by atoms with Gasteiger partial charge in [-0.25, -0.2) is 0 Å². The van der Waals surface area contributed by atoms with Crippen molar-refractivity contribution < 1.29 is 45.4 Å². The Labute approximate surface area is 173 Å². The van der Waals surface area contributed by atoms with Gasteiger partial charge in [0.1, 0.15) is 6.61 Å². The molecule has 0 saturated heterocycles. The van der Waals surface area contributed by atoms with Crippen molar-refractivity contribution in [1.82, 2.24) is 0 Å². The highest BCUT2D eigenvalue weighted by Gasteiger charge is 2.59. The Kier molecular flexibility index (Phi) is 9.28. The van der Waals surface area contributed by atoms with Gasteiger partial charge in [-0.05, 0) is 30.6 Å². The Morgan fingerprint density at radius 3 is 1.67 bits per heavy atom. The van der Waals surface area contributed by atoms with Crippen molar-refractivity contribution >= 4 is 11.9 Å².